The fraction of sp³-hybridized carbons (Fsp3) is 0.533. The van der Waals surface area contributed by atoms with Gasteiger partial charge in [-0.15, -0.1) is 0 Å². The number of Topliss-reactive ketones (excluding diaryl/α,β-unsaturated/α-hetero) is 1. The van der Waals surface area contributed by atoms with Crippen molar-refractivity contribution in [3.05, 3.63) is 34.9 Å². The van der Waals surface area contributed by atoms with Crippen molar-refractivity contribution in [1.82, 2.24) is 5.32 Å². The van der Waals surface area contributed by atoms with E-state index >= 15 is 0 Å². The summed E-state index contributed by atoms with van der Waals surface area (Å²) in [7, 11) is 0. The lowest BCUT2D eigenvalue weighted by molar-refractivity contribution is -0.120. The molecule has 0 saturated carbocycles. The summed E-state index contributed by atoms with van der Waals surface area (Å²) >= 11 is 5.88. The molecule has 0 heterocycles. The second-order valence-electron chi connectivity index (χ2n) is 5.55. The van der Waals surface area contributed by atoms with E-state index in [0.29, 0.717) is 18.0 Å². The van der Waals surface area contributed by atoms with E-state index in [0.717, 1.165) is 5.56 Å². The number of nitrogens with one attached hydrogen (secondary N) is 1. The second-order valence-corrected chi connectivity index (χ2v) is 5.99. The predicted molar refractivity (Wildman–Crippen MR) is 77.2 cm³/mol. The summed E-state index contributed by atoms with van der Waals surface area (Å²) in [4.78, 5) is 12.0. The van der Waals surface area contributed by atoms with Crippen molar-refractivity contribution in [2.24, 2.45) is 0 Å². The highest BCUT2D eigenvalue weighted by Crippen LogP contribution is 2.21. The zero-order valence-corrected chi connectivity index (χ0v) is 12.3. The summed E-state index contributed by atoms with van der Waals surface area (Å²) in [5, 5.41) is 4.10. The van der Waals surface area contributed by atoms with Crippen LogP contribution in [-0.4, -0.2) is 17.9 Å². The van der Waals surface area contributed by atoms with E-state index in [-0.39, 0.29) is 17.2 Å². The molecule has 0 bridgehead atoms. The van der Waals surface area contributed by atoms with Crippen molar-refractivity contribution in [2.75, 3.05) is 6.54 Å². The summed E-state index contributed by atoms with van der Waals surface area (Å²) in [6, 6.07) is 7.55. The number of benzene rings is 1. The molecule has 1 aromatic carbocycles. The largest absolute Gasteiger partial charge is 0.311 e. The van der Waals surface area contributed by atoms with E-state index in [9.17, 15) is 4.79 Å². The number of ketones is 1. The number of carbonyl (C=O) groups excluding carboxylic acids is 1. The zero-order chi connectivity index (χ0) is 13.8. The maximum absolute atomic E-state index is 12.0. The van der Waals surface area contributed by atoms with Crippen molar-refractivity contribution in [3.8, 4) is 0 Å². The first-order valence-electron chi connectivity index (χ1n) is 6.36. The molecule has 0 aromatic heterocycles. The Hall–Kier alpha value is -0.860. The minimum Gasteiger partial charge on any atom is -0.311 e. The molecule has 1 rings (SSSR count). The number of hydrogen-bond donors (Lipinski definition) is 1. The Kier molecular flexibility index (Phi) is 5.36. The van der Waals surface area contributed by atoms with Gasteiger partial charge in [-0.25, -0.2) is 0 Å². The number of hydrogen-bond acceptors (Lipinski definition) is 2. The van der Waals surface area contributed by atoms with Crippen LogP contribution < -0.4 is 5.32 Å². The van der Waals surface area contributed by atoms with Gasteiger partial charge >= 0.3 is 0 Å². The maximum Gasteiger partial charge on any atom is 0.141 e. The van der Waals surface area contributed by atoms with Crippen LogP contribution in [0.3, 0.4) is 0 Å². The van der Waals surface area contributed by atoms with Gasteiger partial charge in [0.1, 0.15) is 5.78 Å². The lowest BCUT2D eigenvalue weighted by atomic mass is 9.92. The van der Waals surface area contributed by atoms with Gasteiger partial charge in [0.05, 0.1) is 5.92 Å². The van der Waals surface area contributed by atoms with Crippen LogP contribution in [0, 0.1) is 0 Å². The van der Waals surface area contributed by atoms with Crippen LogP contribution in [0.4, 0.5) is 0 Å². The molecule has 1 aromatic rings. The van der Waals surface area contributed by atoms with Gasteiger partial charge in [0.15, 0.2) is 0 Å². The molecular weight excluding hydrogens is 246 g/mol. The van der Waals surface area contributed by atoms with Crippen LogP contribution in [0.2, 0.25) is 5.02 Å². The SMILES string of the molecule is CCC(=O)[C@@H](CNC(C)(C)C)c1ccc(Cl)cc1. The highest BCUT2D eigenvalue weighted by atomic mass is 35.5. The summed E-state index contributed by atoms with van der Waals surface area (Å²) < 4.78 is 0. The Morgan fingerprint density at radius 1 is 1.28 bits per heavy atom. The first-order chi connectivity index (χ1) is 8.33. The molecule has 1 atom stereocenters. The van der Waals surface area contributed by atoms with Gasteiger partial charge in [-0.2, -0.15) is 0 Å². The van der Waals surface area contributed by atoms with Gasteiger partial charge in [-0.05, 0) is 38.5 Å². The molecule has 0 amide bonds. The van der Waals surface area contributed by atoms with Crippen LogP contribution in [0.15, 0.2) is 24.3 Å². The Morgan fingerprint density at radius 2 is 1.83 bits per heavy atom. The Balaban J connectivity index is 2.85. The molecular formula is C15H22ClNO. The van der Waals surface area contributed by atoms with E-state index in [4.69, 9.17) is 11.6 Å². The van der Waals surface area contributed by atoms with Crippen LogP contribution in [-0.2, 0) is 4.79 Å². The number of rotatable bonds is 5. The van der Waals surface area contributed by atoms with E-state index in [1.54, 1.807) is 0 Å². The second kappa shape index (κ2) is 6.35. The first kappa shape index (κ1) is 15.2. The molecule has 0 fully saturated rings. The molecule has 3 heteroatoms. The Labute approximate surface area is 115 Å². The summed E-state index contributed by atoms with van der Waals surface area (Å²) in [5.41, 5.74) is 1.04. The molecule has 2 nitrogen and oxygen atoms in total. The summed E-state index contributed by atoms with van der Waals surface area (Å²) in [6.07, 6.45) is 0.555. The third-order valence-corrected chi connectivity index (χ3v) is 3.10. The number of halogens is 1. The van der Waals surface area contributed by atoms with Gasteiger partial charge in [-0.1, -0.05) is 30.7 Å². The van der Waals surface area contributed by atoms with Gasteiger partial charge in [-0.3, -0.25) is 4.79 Å². The van der Waals surface area contributed by atoms with E-state index in [2.05, 4.69) is 26.1 Å². The molecule has 1 N–H and O–H groups in total. The predicted octanol–water partition coefficient (Wildman–Crippen LogP) is 3.79. The van der Waals surface area contributed by atoms with Gasteiger partial charge in [0.25, 0.3) is 0 Å². The van der Waals surface area contributed by atoms with Crippen molar-refractivity contribution >= 4 is 17.4 Å². The molecule has 0 aliphatic carbocycles. The highest BCUT2D eigenvalue weighted by Gasteiger charge is 2.21. The quantitative estimate of drug-likeness (QED) is 0.879. The van der Waals surface area contributed by atoms with Gasteiger partial charge < -0.3 is 5.32 Å². The molecule has 0 aliphatic rings. The van der Waals surface area contributed by atoms with E-state index in [1.807, 2.05) is 31.2 Å². The van der Waals surface area contributed by atoms with Gasteiger partial charge in [0.2, 0.25) is 0 Å². The lowest BCUT2D eigenvalue weighted by Crippen LogP contribution is -2.40. The molecule has 0 aliphatic heterocycles. The summed E-state index contributed by atoms with van der Waals surface area (Å²) in [5.74, 6) is 0.167. The van der Waals surface area contributed by atoms with Gasteiger partial charge in [0, 0.05) is 23.5 Å². The van der Waals surface area contributed by atoms with E-state index in [1.165, 1.54) is 0 Å². The molecule has 0 spiro atoms. The lowest BCUT2D eigenvalue weighted by Gasteiger charge is -2.25. The standard InChI is InChI=1S/C15H22ClNO/c1-5-14(18)13(10-17-15(2,3)4)11-6-8-12(16)9-7-11/h6-9,13,17H,5,10H2,1-4H3/t13-/m0/s1. The Bertz CT molecular complexity index is 392. The first-order valence-corrected chi connectivity index (χ1v) is 6.74. The normalized spacial score (nSPS) is 13.4. The minimum atomic E-state index is -0.0912. The molecule has 0 saturated heterocycles. The van der Waals surface area contributed by atoms with Crippen molar-refractivity contribution in [2.45, 2.75) is 45.6 Å². The van der Waals surface area contributed by atoms with E-state index < -0.39 is 0 Å². The average molecular weight is 268 g/mol. The summed E-state index contributed by atoms with van der Waals surface area (Å²) in [6.45, 7) is 8.87. The highest BCUT2D eigenvalue weighted by molar-refractivity contribution is 6.30. The molecule has 100 valence electrons. The smallest absolute Gasteiger partial charge is 0.141 e. The van der Waals surface area contributed by atoms with Crippen LogP contribution in [0.25, 0.3) is 0 Å². The van der Waals surface area contributed by atoms with Crippen LogP contribution in [0.5, 0.6) is 0 Å². The molecule has 18 heavy (non-hydrogen) atoms. The monoisotopic (exact) mass is 267 g/mol. The van der Waals surface area contributed by atoms with Crippen LogP contribution >= 0.6 is 11.6 Å². The maximum atomic E-state index is 12.0. The van der Waals surface area contributed by atoms with Crippen molar-refractivity contribution in [3.63, 3.8) is 0 Å². The topological polar surface area (TPSA) is 29.1 Å². The number of carbonyl (C=O) groups is 1. The molecule has 0 unspecified atom stereocenters. The fourth-order valence-electron chi connectivity index (χ4n) is 1.77. The van der Waals surface area contributed by atoms with Crippen molar-refractivity contribution < 1.29 is 4.79 Å². The van der Waals surface area contributed by atoms with Crippen LogP contribution in [0.1, 0.15) is 45.6 Å². The Morgan fingerprint density at radius 3 is 2.28 bits per heavy atom. The fourth-order valence-corrected chi connectivity index (χ4v) is 1.89. The average Bonchev–Trinajstić information content (AvgIpc) is 2.29. The van der Waals surface area contributed by atoms with Crippen molar-refractivity contribution in [1.29, 1.82) is 0 Å². The molecule has 0 radical (unpaired) electrons. The third kappa shape index (κ3) is 4.79. The zero-order valence-electron chi connectivity index (χ0n) is 11.6. The minimum absolute atomic E-state index is 0.0126. The third-order valence-electron chi connectivity index (χ3n) is 2.85.